The normalized spacial score (nSPS) is 38.0. The minimum atomic E-state index is -0.383. The minimum absolute atomic E-state index is 0.0232. The molecule has 0 aromatic heterocycles. The highest BCUT2D eigenvalue weighted by Crippen LogP contribution is 2.60. The highest BCUT2D eigenvalue weighted by molar-refractivity contribution is 5.72. The Bertz CT molecular complexity index is 604. The van der Waals surface area contributed by atoms with Gasteiger partial charge in [-0.15, -0.1) is 0 Å². The van der Waals surface area contributed by atoms with Crippen LogP contribution in [-0.2, 0) is 23.8 Å². The number of carbonyl (C=O) groups is 2. The van der Waals surface area contributed by atoms with E-state index in [1.54, 1.807) is 0 Å². The topological polar surface area (TPSA) is 61.8 Å². The summed E-state index contributed by atoms with van der Waals surface area (Å²) in [5.74, 6) is 0.620. The fourth-order valence-corrected chi connectivity index (χ4v) is 6.75. The Balaban J connectivity index is 1.40. The molecule has 5 aliphatic carbocycles. The molecule has 158 valence electrons. The van der Waals surface area contributed by atoms with Crippen LogP contribution in [0.2, 0.25) is 0 Å². The number of ether oxygens (including phenoxy) is 3. The maximum absolute atomic E-state index is 12.6. The quantitative estimate of drug-likeness (QED) is 0.594. The molecule has 0 radical (unpaired) electrons. The average molecular weight is 393 g/mol. The Kier molecular flexibility index (Phi) is 5.26. The van der Waals surface area contributed by atoms with Crippen LogP contribution in [0, 0.1) is 17.8 Å². The van der Waals surface area contributed by atoms with Crippen LogP contribution in [0.4, 0.5) is 0 Å². The molecule has 0 aliphatic heterocycles. The molecule has 2 unspecified atom stereocenters. The molecule has 5 heteroatoms. The first-order valence-corrected chi connectivity index (χ1v) is 11.4. The van der Waals surface area contributed by atoms with Crippen LogP contribution in [0.15, 0.2) is 0 Å². The lowest BCUT2D eigenvalue weighted by atomic mass is 9.52. The first kappa shape index (κ1) is 20.2. The van der Waals surface area contributed by atoms with E-state index in [1.807, 2.05) is 13.8 Å². The van der Waals surface area contributed by atoms with E-state index in [0.29, 0.717) is 11.8 Å². The van der Waals surface area contributed by atoms with Crippen LogP contribution in [0.3, 0.4) is 0 Å². The summed E-state index contributed by atoms with van der Waals surface area (Å²) in [6, 6.07) is 0. The Morgan fingerprint density at radius 2 is 1.57 bits per heavy atom. The van der Waals surface area contributed by atoms with Crippen LogP contribution in [0.1, 0.15) is 91.4 Å². The van der Waals surface area contributed by atoms with E-state index in [9.17, 15) is 9.59 Å². The van der Waals surface area contributed by atoms with Gasteiger partial charge in [0.2, 0.25) is 0 Å². The molecule has 0 aromatic rings. The van der Waals surface area contributed by atoms with Crippen molar-refractivity contribution in [2.45, 2.75) is 108 Å². The summed E-state index contributed by atoms with van der Waals surface area (Å²) >= 11 is 0. The van der Waals surface area contributed by atoms with Gasteiger partial charge in [0.05, 0.1) is 11.5 Å². The molecule has 5 rings (SSSR count). The van der Waals surface area contributed by atoms with Gasteiger partial charge in [-0.25, -0.2) is 4.79 Å². The summed E-state index contributed by atoms with van der Waals surface area (Å²) < 4.78 is 18.2. The van der Waals surface area contributed by atoms with Crippen molar-refractivity contribution in [2.75, 3.05) is 6.61 Å². The molecule has 5 aliphatic rings. The number of hydrogen-bond acceptors (Lipinski definition) is 5. The maximum atomic E-state index is 12.6. The monoisotopic (exact) mass is 392 g/mol. The number of carbonyl (C=O) groups excluding carboxylic acids is 2. The second-order valence-electron chi connectivity index (χ2n) is 10.4. The lowest BCUT2D eigenvalue weighted by molar-refractivity contribution is -0.238. The zero-order valence-electron chi connectivity index (χ0n) is 17.8. The number of rotatable bonds is 7. The number of hydrogen-bond donors (Lipinski definition) is 0. The van der Waals surface area contributed by atoms with Gasteiger partial charge in [-0.1, -0.05) is 20.8 Å². The molecular formula is C23H36O5. The van der Waals surface area contributed by atoms with Crippen molar-refractivity contribution >= 4 is 11.9 Å². The van der Waals surface area contributed by atoms with Gasteiger partial charge in [-0.2, -0.15) is 0 Å². The van der Waals surface area contributed by atoms with E-state index in [2.05, 4.69) is 6.92 Å². The first-order valence-electron chi connectivity index (χ1n) is 11.4. The molecule has 4 bridgehead atoms. The highest BCUT2D eigenvalue weighted by Gasteiger charge is 2.60. The molecule has 2 atom stereocenters. The predicted molar refractivity (Wildman–Crippen MR) is 105 cm³/mol. The third-order valence-corrected chi connectivity index (χ3v) is 7.73. The van der Waals surface area contributed by atoms with Crippen molar-refractivity contribution in [3.05, 3.63) is 0 Å². The van der Waals surface area contributed by atoms with Crippen molar-refractivity contribution in [3.8, 4) is 0 Å². The van der Waals surface area contributed by atoms with Crippen molar-refractivity contribution in [1.82, 2.24) is 0 Å². The molecule has 0 heterocycles. The summed E-state index contributed by atoms with van der Waals surface area (Å²) in [4.78, 5) is 24.9. The van der Waals surface area contributed by atoms with Gasteiger partial charge in [0.15, 0.2) is 0 Å². The first-order chi connectivity index (χ1) is 13.3. The van der Waals surface area contributed by atoms with Crippen LogP contribution in [-0.4, -0.2) is 35.3 Å². The largest absolute Gasteiger partial charge is 0.459 e. The SMILES string of the molecule is CCC1(OC(=O)COC23CC4CC(C2)CC(OC(=O)C(C)C)(C4)C3)CCCC1. The Morgan fingerprint density at radius 3 is 2.14 bits per heavy atom. The summed E-state index contributed by atoms with van der Waals surface area (Å²) in [6.45, 7) is 5.90. The van der Waals surface area contributed by atoms with E-state index in [1.165, 1.54) is 6.42 Å². The van der Waals surface area contributed by atoms with E-state index in [4.69, 9.17) is 14.2 Å². The molecule has 0 amide bonds. The Morgan fingerprint density at radius 1 is 0.964 bits per heavy atom. The van der Waals surface area contributed by atoms with Crippen molar-refractivity contribution in [3.63, 3.8) is 0 Å². The predicted octanol–water partition coefficient (Wildman–Crippen LogP) is 4.56. The Labute approximate surface area is 168 Å². The molecule has 5 nitrogen and oxygen atoms in total. The zero-order chi connectivity index (χ0) is 20.0. The summed E-state index contributed by atoms with van der Waals surface area (Å²) in [7, 11) is 0. The molecule has 0 spiro atoms. The van der Waals surface area contributed by atoms with Crippen molar-refractivity contribution in [1.29, 1.82) is 0 Å². The summed E-state index contributed by atoms with van der Waals surface area (Å²) in [5.41, 5.74) is -0.975. The molecule has 5 saturated carbocycles. The van der Waals surface area contributed by atoms with Gasteiger partial charge in [0.1, 0.15) is 17.8 Å². The van der Waals surface area contributed by atoms with Gasteiger partial charge in [-0.05, 0) is 76.0 Å². The third kappa shape index (κ3) is 3.83. The second kappa shape index (κ2) is 7.30. The fraction of sp³-hybridized carbons (Fsp3) is 0.913. The van der Waals surface area contributed by atoms with E-state index in [0.717, 1.165) is 64.2 Å². The maximum Gasteiger partial charge on any atom is 0.332 e. The molecule has 5 fully saturated rings. The van der Waals surface area contributed by atoms with Crippen molar-refractivity contribution in [2.24, 2.45) is 17.8 Å². The molecular weight excluding hydrogens is 356 g/mol. The fourth-order valence-electron chi connectivity index (χ4n) is 6.75. The standard InChI is InChI=1S/C23H36O5/c1-4-21(7-5-6-8-21)27-19(24)14-26-22-10-17-9-18(11-22)13-23(12-17,15-22)28-20(25)16(2)3/h16-18H,4-15H2,1-3H3. The molecule has 28 heavy (non-hydrogen) atoms. The zero-order valence-corrected chi connectivity index (χ0v) is 17.8. The van der Waals surface area contributed by atoms with Crippen LogP contribution < -0.4 is 0 Å². The smallest absolute Gasteiger partial charge is 0.332 e. The van der Waals surface area contributed by atoms with Gasteiger partial charge < -0.3 is 14.2 Å². The second-order valence-corrected chi connectivity index (χ2v) is 10.4. The number of esters is 2. The molecule has 0 aromatic carbocycles. The van der Waals surface area contributed by atoms with Gasteiger partial charge in [-0.3, -0.25) is 4.79 Å². The van der Waals surface area contributed by atoms with Gasteiger partial charge >= 0.3 is 11.9 Å². The van der Waals surface area contributed by atoms with Gasteiger partial charge in [0.25, 0.3) is 0 Å². The van der Waals surface area contributed by atoms with Gasteiger partial charge in [0, 0.05) is 6.42 Å². The lowest BCUT2D eigenvalue weighted by Crippen LogP contribution is -2.61. The van der Waals surface area contributed by atoms with E-state index < -0.39 is 0 Å². The average Bonchev–Trinajstić information content (AvgIpc) is 3.07. The Hall–Kier alpha value is -1.10. The van der Waals surface area contributed by atoms with Crippen LogP contribution >= 0.6 is 0 Å². The summed E-state index contributed by atoms with van der Waals surface area (Å²) in [6.07, 6.45) is 10.9. The highest BCUT2D eigenvalue weighted by atomic mass is 16.6. The van der Waals surface area contributed by atoms with Crippen LogP contribution in [0.5, 0.6) is 0 Å². The minimum Gasteiger partial charge on any atom is -0.459 e. The lowest BCUT2D eigenvalue weighted by Gasteiger charge is -2.60. The summed E-state index contributed by atoms with van der Waals surface area (Å²) in [5, 5.41) is 0. The molecule has 0 saturated heterocycles. The van der Waals surface area contributed by atoms with E-state index in [-0.39, 0.29) is 41.3 Å². The van der Waals surface area contributed by atoms with E-state index >= 15 is 0 Å². The molecule has 0 N–H and O–H groups in total. The van der Waals surface area contributed by atoms with Crippen LogP contribution in [0.25, 0.3) is 0 Å². The van der Waals surface area contributed by atoms with Crippen molar-refractivity contribution < 1.29 is 23.8 Å². The third-order valence-electron chi connectivity index (χ3n) is 7.73.